The number of hydrogen-bond acceptors (Lipinski definition) is 2. The number of benzene rings is 2. The van der Waals surface area contributed by atoms with Gasteiger partial charge in [-0.15, -0.1) is 0 Å². The van der Waals surface area contributed by atoms with Crippen molar-refractivity contribution in [3.63, 3.8) is 0 Å². The highest BCUT2D eigenvalue weighted by Crippen LogP contribution is 2.37. The van der Waals surface area contributed by atoms with Gasteiger partial charge in [0.1, 0.15) is 0 Å². The molecule has 2 rings (SSSR count). The van der Waals surface area contributed by atoms with Gasteiger partial charge in [-0.25, -0.2) is 9.59 Å². The third kappa shape index (κ3) is 1.91. The van der Waals surface area contributed by atoms with Crippen LogP contribution >= 0.6 is 31.9 Å². The molecule has 0 atom stereocenters. The summed E-state index contributed by atoms with van der Waals surface area (Å²) < 4.78 is 0.539. The van der Waals surface area contributed by atoms with E-state index in [1.165, 1.54) is 0 Å². The lowest BCUT2D eigenvalue weighted by molar-refractivity contribution is 0.0650. The minimum absolute atomic E-state index is 0.256. The highest BCUT2D eigenvalue weighted by molar-refractivity contribution is 9.11. The Labute approximate surface area is 118 Å². The lowest BCUT2D eigenvalue weighted by atomic mass is 10.0. The second kappa shape index (κ2) is 4.70. The molecule has 0 amide bonds. The zero-order valence-electron chi connectivity index (χ0n) is 8.78. The smallest absolute Gasteiger partial charge is 0.337 e. The zero-order valence-corrected chi connectivity index (χ0v) is 11.9. The van der Waals surface area contributed by atoms with E-state index in [0.717, 1.165) is 0 Å². The fraction of sp³-hybridized carbons (Fsp3) is 0. The van der Waals surface area contributed by atoms with Gasteiger partial charge in [0.25, 0.3) is 0 Å². The van der Waals surface area contributed by atoms with E-state index in [9.17, 15) is 9.59 Å². The summed E-state index contributed by atoms with van der Waals surface area (Å²) in [6.07, 6.45) is 0. The van der Waals surface area contributed by atoms with Crippen LogP contribution in [0.4, 0.5) is 0 Å². The first kappa shape index (κ1) is 13.0. The summed E-state index contributed by atoms with van der Waals surface area (Å²) >= 11 is 6.34. The number of carbonyl (C=O) groups is 2. The number of carboxylic acids is 2. The maximum absolute atomic E-state index is 11.2. The molecule has 0 unspecified atom stereocenters. The Morgan fingerprint density at radius 1 is 0.833 bits per heavy atom. The van der Waals surface area contributed by atoms with E-state index in [2.05, 4.69) is 31.9 Å². The number of carboxylic acid groups (broad SMARTS) is 2. The van der Waals surface area contributed by atoms with E-state index < -0.39 is 11.9 Å². The predicted molar refractivity (Wildman–Crippen MR) is 73.3 cm³/mol. The van der Waals surface area contributed by atoms with E-state index in [4.69, 9.17) is 10.2 Å². The Bertz CT molecular complexity index is 621. The van der Waals surface area contributed by atoms with Crippen LogP contribution in [-0.4, -0.2) is 22.2 Å². The summed E-state index contributed by atoms with van der Waals surface area (Å²) in [7, 11) is 0. The summed E-state index contributed by atoms with van der Waals surface area (Å²) in [4.78, 5) is 22.5. The van der Waals surface area contributed by atoms with Crippen LogP contribution in [0.3, 0.4) is 0 Å². The lowest BCUT2D eigenvalue weighted by Gasteiger charge is -2.11. The molecule has 0 heterocycles. The molecule has 0 radical (unpaired) electrons. The standard InChI is InChI=1S/C12H6Br2O4/c13-9-5-3-1-2-4-6(5)10(14)8(12(17)18)7(9)11(15)16/h1-4H,(H,15,16)(H,17,18). The van der Waals surface area contributed by atoms with Crippen LogP contribution in [0.15, 0.2) is 33.2 Å². The molecule has 18 heavy (non-hydrogen) atoms. The number of fused-ring (bicyclic) bond motifs is 1. The molecule has 0 saturated carbocycles. The van der Waals surface area contributed by atoms with Crippen LogP contribution in [0.25, 0.3) is 10.8 Å². The molecule has 0 spiro atoms. The third-order valence-corrected chi connectivity index (χ3v) is 4.16. The first-order chi connectivity index (χ1) is 8.45. The van der Waals surface area contributed by atoms with Crippen molar-refractivity contribution in [3.05, 3.63) is 44.3 Å². The third-order valence-electron chi connectivity index (χ3n) is 2.52. The fourth-order valence-corrected chi connectivity index (χ4v) is 3.18. The molecular formula is C12H6Br2O4. The monoisotopic (exact) mass is 372 g/mol. The lowest BCUT2D eigenvalue weighted by Crippen LogP contribution is -2.10. The summed E-state index contributed by atoms with van der Waals surface area (Å²) in [5.74, 6) is -2.57. The fourth-order valence-electron chi connectivity index (χ4n) is 1.76. The molecule has 2 N–H and O–H groups in total. The van der Waals surface area contributed by atoms with E-state index in [1.54, 1.807) is 24.3 Å². The van der Waals surface area contributed by atoms with Crippen molar-refractivity contribution in [3.8, 4) is 0 Å². The Balaban J connectivity index is 3.06. The average molecular weight is 374 g/mol. The van der Waals surface area contributed by atoms with Gasteiger partial charge < -0.3 is 10.2 Å². The number of hydrogen-bond donors (Lipinski definition) is 2. The van der Waals surface area contributed by atoms with Crippen molar-refractivity contribution in [2.75, 3.05) is 0 Å². The molecule has 0 aromatic heterocycles. The SMILES string of the molecule is O=C(O)c1c(C(=O)O)c(Br)c2ccccc2c1Br. The van der Waals surface area contributed by atoms with Crippen molar-refractivity contribution >= 4 is 54.6 Å². The molecule has 4 nitrogen and oxygen atoms in total. The van der Waals surface area contributed by atoms with Crippen LogP contribution < -0.4 is 0 Å². The largest absolute Gasteiger partial charge is 0.478 e. The van der Waals surface area contributed by atoms with Gasteiger partial charge in [-0.05, 0) is 42.6 Å². The minimum atomic E-state index is -1.29. The summed E-state index contributed by atoms with van der Waals surface area (Å²) in [6, 6.07) is 6.96. The van der Waals surface area contributed by atoms with Gasteiger partial charge in [0.05, 0.1) is 11.1 Å². The second-order valence-corrected chi connectivity index (χ2v) is 5.12. The van der Waals surface area contributed by atoms with Gasteiger partial charge in [0.2, 0.25) is 0 Å². The Hall–Kier alpha value is -1.40. The topological polar surface area (TPSA) is 74.6 Å². The zero-order chi connectivity index (χ0) is 13.4. The van der Waals surface area contributed by atoms with Gasteiger partial charge in [-0.2, -0.15) is 0 Å². The molecule has 0 aliphatic heterocycles. The van der Waals surface area contributed by atoms with Gasteiger partial charge >= 0.3 is 11.9 Å². The molecule has 0 aliphatic rings. The van der Waals surface area contributed by atoms with Gasteiger partial charge in [-0.1, -0.05) is 24.3 Å². The van der Waals surface area contributed by atoms with Gasteiger partial charge in [-0.3, -0.25) is 0 Å². The van der Waals surface area contributed by atoms with Crippen molar-refractivity contribution in [1.82, 2.24) is 0 Å². The Morgan fingerprint density at radius 2 is 1.17 bits per heavy atom. The van der Waals surface area contributed by atoms with Crippen molar-refractivity contribution < 1.29 is 19.8 Å². The van der Waals surface area contributed by atoms with E-state index in [-0.39, 0.29) is 20.1 Å². The molecule has 2 aromatic rings. The summed E-state index contributed by atoms with van der Waals surface area (Å²) in [5.41, 5.74) is -0.513. The maximum atomic E-state index is 11.2. The van der Waals surface area contributed by atoms with Crippen LogP contribution in [0.2, 0.25) is 0 Å². The normalized spacial score (nSPS) is 10.6. The predicted octanol–water partition coefficient (Wildman–Crippen LogP) is 3.76. The van der Waals surface area contributed by atoms with Crippen molar-refractivity contribution in [1.29, 1.82) is 0 Å². The maximum Gasteiger partial charge on any atom is 0.337 e. The highest BCUT2D eigenvalue weighted by Gasteiger charge is 2.25. The first-order valence-electron chi connectivity index (χ1n) is 4.81. The number of aromatic carboxylic acids is 2. The average Bonchev–Trinajstić information content (AvgIpc) is 2.32. The van der Waals surface area contributed by atoms with Crippen molar-refractivity contribution in [2.24, 2.45) is 0 Å². The van der Waals surface area contributed by atoms with E-state index >= 15 is 0 Å². The molecular weight excluding hydrogens is 368 g/mol. The second-order valence-electron chi connectivity index (χ2n) is 3.53. The number of halogens is 2. The Kier molecular flexibility index (Phi) is 3.41. The molecule has 0 saturated heterocycles. The van der Waals surface area contributed by atoms with Crippen LogP contribution in [0.1, 0.15) is 20.7 Å². The van der Waals surface area contributed by atoms with E-state index in [0.29, 0.717) is 10.8 Å². The molecule has 0 aliphatic carbocycles. The number of rotatable bonds is 2. The summed E-state index contributed by atoms with van der Waals surface area (Å²) in [5, 5.41) is 19.6. The van der Waals surface area contributed by atoms with Gasteiger partial charge in [0, 0.05) is 8.95 Å². The van der Waals surface area contributed by atoms with Crippen LogP contribution in [0.5, 0.6) is 0 Å². The molecule has 0 fully saturated rings. The molecule has 2 aromatic carbocycles. The highest BCUT2D eigenvalue weighted by atomic mass is 79.9. The first-order valence-corrected chi connectivity index (χ1v) is 6.40. The summed E-state index contributed by atoms with van der Waals surface area (Å²) in [6.45, 7) is 0. The minimum Gasteiger partial charge on any atom is -0.478 e. The molecule has 92 valence electrons. The quantitative estimate of drug-likeness (QED) is 0.840. The van der Waals surface area contributed by atoms with Crippen LogP contribution in [0, 0.1) is 0 Å². The van der Waals surface area contributed by atoms with Gasteiger partial charge in [0.15, 0.2) is 0 Å². The van der Waals surface area contributed by atoms with Crippen molar-refractivity contribution in [2.45, 2.75) is 0 Å². The molecule has 6 heteroatoms. The molecule has 0 bridgehead atoms. The van der Waals surface area contributed by atoms with E-state index in [1.807, 2.05) is 0 Å². The van der Waals surface area contributed by atoms with Crippen LogP contribution in [-0.2, 0) is 0 Å². The Morgan fingerprint density at radius 3 is 1.44 bits per heavy atom.